The van der Waals surface area contributed by atoms with Gasteiger partial charge < -0.3 is 10.6 Å². The molecular formula is C13H17ClN2O. The molecule has 3 nitrogen and oxygen atoms in total. The molecule has 1 aromatic carbocycles. The van der Waals surface area contributed by atoms with Gasteiger partial charge in [-0.25, -0.2) is 0 Å². The van der Waals surface area contributed by atoms with Crippen molar-refractivity contribution in [2.75, 3.05) is 6.54 Å². The number of carbonyl (C=O) groups excluding carboxylic acids is 1. The summed E-state index contributed by atoms with van der Waals surface area (Å²) in [4.78, 5) is 11.5. The third kappa shape index (κ3) is 4.36. The Labute approximate surface area is 107 Å². The predicted octanol–water partition coefficient (Wildman–Crippen LogP) is 2.10. The zero-order valence-electron chi connectivity index (χ0n) is 9.71. The van der Waals surface area contributed by atoms with Crippen LogP contribution in [0.1, 0.15) is 24.8 Å². The van der Waals surface area contributed by atoms with E-state index in [0.717, 1.165) is 12.1 Å². The van der Waals surface area contributed by atoms with Gasteiger partial charge in [0.1, 0.15) is 0 Å². The highest BCUT2D eigenvalue weighted by molar-refractivity contribution is 6.31. The topological polar surface area (TPSA) is 41.1 Å². The number of carbonyl (C=O) groups is 1. The summed E-state index contributed by atoms with van der Waals surface area (Å²) in [6, 6.07) is 8.21. The third-order valence-electron chi connectivity index (χ3n) is 2.80. The molecule has 2 N–H and O–H groups in total. The van der Waals surface area contributed by atoms with Crippen molar-refractivity contribution in [2.24, 2.45) is 0 Å². The smallest absolute Gasteiger partial charge is 0.221 e. The molecule has 0 aromatic heterocycles. The minimum atomic E-state index is 0.0677. The lowest BCUT2D eigenvalue weighted by Gasteiger charge is -2.07. The van der Waals surface area contributed by atoms with Crippen LogP contribution < -0.4 is 10.6 Å². The second-order valence-corrected chi connectivity index (χ2v) is 4.75. The van der Waals surface area contributed by atoms with Crippen molar-refractivity contribution in [3.05, 3.63) is 34.9 Å². The van der Waals surface area contributed by atoms with Gasteiger partial charge in [0, 0.05) is 30.6 Å². The van der Waals surface area contributed by atoms with Crippen LogP contribution in [0.15, 0.2) is 24.3 Å². The second kappa shape index (κ2) is 6.03. The van der Waals surface area contributed by atoms with E-state index in [4.69, 9.17) is 11.6 Å². The molecule has 0 radical (unpaired) electrons. The number of benzene rings is 1. The number of nitrogens with one attached hydrogen (secondary N) is 2. The summed E-state index contributed by atoms with van der Waals surface area (Å²) < 4.78 is 0. The first-order valence-electron chi connectivity index (χ1n) is 5.99. The maximum Gasteiger partial charge on any atom is 0.221 e. The molecule has 0 heterocycles. The summed E-state index contributed by atoms with van der Waals surface area (Å²) in [5.41, 5.74) is 0.956. The van der Waals surface area contributed by atoms with Gasteiger partial charge in [-0.05, 0) is 24.5 Å². The fraction of sp³-hybridized carbons (Fsp3) is 0.462. The van der Waals surface area contributed by atoms with Crippen molar-refractivity contribution >= 4 is 17.5 Å². The van der Waals surface area contributed by atoms with Crippen LogP contribution in [0.25, 0.3) is 0 Å². The third-order valence-corrected chi connectivity index (χ3v) is 3.16. The van der Waals surface area contributed by atoms with Crippen molar-refractivity contribution in [1.82, 2.24) is 10.6 Å². The summed E-state index contributed by atoms with van der Waals surface area (Å²) >= 11 is 6.00. The second-order valence-electron chi connectivity index (χ2n) is 4.35. The number of halogens is 1. The highest BCUT2D eigenvalue weighted by atomic mass is 35.5. The molecule has 0 unspecified atom stereocenters. The van der Waals surface area contributed by atoms with E-state index in [2.05, 4.69) is 10.6 Å². The van der Waals surface area contributed by atoms with Crippen LogP contribution in [0.2, 0.25) is 5.02 Å². The SMILES string of the molecule is O=C(CCNC1CC1)NCc1ccccc1Cl. The summed E-state index contributed by atoms with van der Waals surface area (Å²) in [6.45, 7) is 1.26. The number of hydrogen-bond donors (Lipinski definition) is 2. The van der Waals surface area contributed by atoms with Crippen LogP contribution in [-0.2, 0) is 11.3 Å². The Kier molecular flexibility index (Phi) is 4.40. The van der Waals surface area contributed by atoms with Crippen molar-refractivity contribution < 1.29 is 4.79 Å². The standard InChI is InChI=1S/C13H17ClN2O/c14-12-4-2-1-3-10(12)9-16-13(17)7-8-15-11-5-6-11/h1-4,11,15H,5-9H2,(H,16,17). The van der Waals surface area contributed by atoms with Crippen LogP contribution in [-0.4, -0.2) is 18.5 Å². The molecule has 4 heteroatoms. The van der Waals surface area contributed by atoms with Crippen LogP contribution in [0.5, 0.6) is 0 Å². The lowest BCUT2D eigenvalue weighted by atomic mass is 10.2. The van der Waals surface area contributed by atoms with E-state index in [1.165, 1.54) is 12.8 Å². The highest BCUT2D eigenvalue weighted by Gasteiger charge is 2.19. The Balaban J connectivity index is 1.66. The van der Waals surface area contributed by atoms with Crippen LogP contribution in [0.4, 0.5) is 0 Å². The van der Waals surface area contributed by atoms with E-state index in [0.29, 0.717) is 24.0 Å². The first-order chi connectivity index (χ1) is 8.25. The lowest BCUT2D eigenvalue weighted by molar-refractivity contribution is -0.121. The van der Waals surface area contributed by atoms with E-state index in [-0.39, 0.29) is 5.91 Å². The van der Waals surface area contributed by atoms with Gasteiger partial charge in [-0.15, -0.1) is 0 Å². The quantitative estimate of drug-likeness (QED) is 0.814. The first-order valence-corrected chi connectivity index (χ1v) is 6.37. The summed E-state index contributed by atoms with van der Waals surface area (Å²) in [6.07, 6.45) is 3.03. The fourth-order valence-electron chi connectivity index (χ4n) is 1.60. The van der Waals surface area contributed by atoms with Crippen molar-refractivity contribution in [3.63, 3.8) is 0 Å². The normalized spacial score (nSPS) is 14.6. The van der Waals surface area contributed by atoms with Crippen LogP contribution in [0, 0.1) is 0 Å². The maximum atomic E-state index is 11.5. The average Bonchev–Trinajstić information content (AvgIpc) is 3.12. The maximum absolute atomic E-state index is 11.5. The molecule has 1 amide bonds. The van der Waals surface area contributed by atoms with Gasteiger partial charge >= 0.3 is 0 Å². The molecule has 92 valence electrons. The molecule has 1 fully saturated rings. The Bertz CT molecular complexity index is 391. The molecule has 0 bridgehead atoms. The molecule has 1 aliphatic rings. The average molecular weight is 253 g/mol. The van der Waals surface area contributed by atoms with Gasteiger partial charge in [0.25, 0.3) is 0 Å². The molecule has 1 saturated carbocycles. The van der Waals surface area contributed by atoms with E-state index >= 15 is 0 Å². The first kappa shape index (κ1) is 12.4. The Morgan fingerprint density at radius 3 is 2.82 bits per heavy atom. The molecule has 1 aromatic rings. The van der Waals surface area contributed by atoms with Gasteiger partial charge in [0.15, 0.2) is 0 Å². The molecule has 0 atom stereocenters. The van der Waals surface area contributed by atoms with Crippen molar-refractivity contribution in [2.45, 2.75) is 31.8 Å². The van der Waals surface area contributed by atoms with Gasteiger partial charge in [-0.1, -0.05) is 29.8 Å². The monoisotopic (exact) mass is 252 g/mol. The molecule has 1 aliphatic carbocycles. The van der Waals surface area contributed by atoms with Crippen LogP contribution >= 0.6 is 11.6 Å². The minimum Gasteiger partial charge on any atom is -0.352 e. The molecule has 0 aliphatic heterocycles. The number of hydrogen-bond acceptors (Lipinski definition) is 2. The molecule has 0 spiro atoms. The molecule has 2 rings (SSSR count). The zero-order valence-corrected chi connectivity index (χ0v) is 10.5. The van der Waals surface area contributed by atoms with Crippen LogP contribution in [0.3, 0.4) is 0 Å². The van der Waals surface area contributed by atoms with Gasteiger partial charge in [-0.3, -0.25) is 4.79 Å². The molecule has 0 saturated heterocycles. The highest BCUT2D eigenvalue weighted by Crippen LogP contribution is 2.18. The Hall–Kier alpha value is -1.06. The van der Waals surface area contributed by atoms with Gasteiger partial charge in [0.05, 0.1) is 0 Å². The van der Waals surface area contributed by atoms with E-state index in [1.807, 2.05) is 24.3 Å². The van der Waals surface area contributed by atoms with Gasteiger partial charge in [-0.2, -0.15) is 0 Å². The van der Waals surface area contributed by atoms with E-state index in [1.54, 1.807) is 0 Å². The van der Waals surface area contributed by atoms with Crippen molar-refractivity contribution in [1.29, 1.82) is 0 Å². The predicted molar refractivity (Wildman–Crippen MR) is 68.9 cm³/mol. The fourth-order valence-corrected chi connectivity index (χ4v) is 1.80. The molecule has 17 heavy (non-hydrogen) atoms. The zero-order chi connectivity index (χ0) is 12.1. The lowest BCUT2D eigenvalue weighted by Crippen LogP contribution is -2.28. The van der Waals surface area contributed by atoms with E-state index in [9.17, 15) is 4.79 Å². The molecular weight excluding hydrogens is 236 g/mol. The van der Waals surface area contributed by atoms with E-state index < -0.39 is 0 Å². The van der Waals surface area contributed by atoms with Gasteiger partial charge in [0.2, 0.25) is 5.91 Å². The van der Waals surface area contributed by atoms with Crippen molar-refractivity contribution in [3.8, 4) is 0 Å². The Morgan fingerprint density at radius 2 is 2.12 bits per heavy atom. The summed E-state index contributed by atoms with van der Waals surface area (Å²) in [7, 11) is 0. The summed E-state index contributed by atoms with van der Waals surface area (Å²) in [5.74, 6) is 0.0677. The summed E-state index contributed by atoms with van der Waals surface area (Å²) in [5, 5.41) is 6.88. The largest absolute Gasteiger partial charge is 0.352 e. The number of rotatable bonds is 6. The minimum absolute atomic E-state index is 0.0677. The number of amides is 1. The Morgan fingerprint density at radius 1 is 1.35 bits per heavy atom.